The molecule has 2 aromatic rings. The molecule has 1 fully saturated rings. The third kappa shape index (κ3) is 1.45. The molecular formula is C14H17NO. The van der Waals surface area contributed by atoms with E-state index in [1.54, 1.807) is 0 Å². The van der Waals surface area contributed by atoms with Gasteiger partial charge in [-0.2, -0.15) is 0 Å². The molecule has 0 aliphatic heterocycles. The lowest BCUT2D eigenvalue weighted by Crippen LogP contribution is -2.24. The Bertz CT molecular complexity index is 549. The molecule has 2 nitrogen and oxygen atoms in total. The lowest BCUT2D eigenvalue weighted by molar-refractivity contribution is 0.565. The Morgan fingerprint density at radius 2 is 2.06 bits per heavy atom. The van der Waals surface area contributed by atoms with Crippen molar-refractivity contribution in [1.29, 1.82) is 0 Å². The molecule has 1 heterocycles. The lowest BCUT2D eigenvalue weighted by Gasteiger charge is -2.08. The van der Waals surface area contributed by atoms with Crippen molar-refractivity contribution in [2.45, 2.75) is 38.6 Å². The molecule has 1 aromatic carbocycles. The van der Waals surface area contributed by atoms with Crippen molar-refractivity contribution < 1.29 is 4.42 Å². The first-order valence-corrected chi connectivity index (χ1v) is 5.86. The van der Waals surface area contributed by atoms with Gasteiger partial charge in [0.05, 0.1) is 0 Å². The molecule has 0 unspecified atom stereocenters. The summed E-state index contributed by atoms with van der Waals surface area (Å²) in [5.41, 5.74) is 9.76. The Kier molecular flexibility index (Phi) is 1.93. The van der Waals surface area contributed by atoms with E-state index in [1.807, 2.05) is 6.92 Å². The van der Waals surface area contributed by atoms with E-state index in [0.29, 0.717) is 0 Å². The number of rotatable bonds is 2. The van der Waals surface area contributed by atoms with Gasteiger partial charge in [-0.05, 0) is 44.2 Å². The van der Waals surface area contributed by atoms with Gasteiger partial charge in [0.2, 0.25) is 0 Å². The lowest BCUT2D eigenvalue weighted by atomic mass is 10.0. The minimum Gasteiger partial charge on any atom is -0.461 e. The number of aryl methyl sites for hydroxylation is 2. The summed E-state index contributed by atoms with van der Waals surface area (Å²) in [6.07, 6.45) is 3.22. The molecule has 0 saturated heterocycles. The van der Waals surface area contributed by atoms with Crippen LogP contribution >= 0.6 is 0 Å². The first-order chi connectivity index (χ1) is 7.59. The summed E-state index contributed by atoms with van der Waals surface area (Å²) in [6.45, 7) is 4.13. The highest BCUT2D eigenvalue weighted by Gasteiger charge is 2.38. The molecule has 0 bridgehead atoms. The fourth-order valence-corrected chi connectivity index (χ4v) is 2.28. The molecule has 2 N–H and O–H groups in total. The van der Waals surface area contributed by atoms with Crippen molar-refractivity contribution in [3.8, 4) is 0 Å². The maximum Gasteiger partial charge on any atom is 0.137 e. The van der Waals surface area contributed by atoms with Crippen molar-refractivity contribution in [1.82, 2.24) is 0 Å². The zero-order chi connectivity index (χ0) is 11.3. The number of para-hydroxylation sites is 1. The predicted octanol–water partition coefficient (Wildman–Crippen LogP) is 3.08. The molecule has 0 amide bonds. The van der Waals surface area contributed by atoms with Gasteiger partial charge in [-0.15, -0.1) is 0 Å². The molecule has 16 heavy (non-hydrogen) atoms. The van der Waals surface area contributed by atoms with E-state index in [0.717, 1.165) is 30.6 Å². The third-order valence-electron chi connectivity index (χ3n) is 3.72. The van der Waals surface area contributed by atoms with Gasteiger partial charge >= 0.3 is 0 Å². The summed E-state index contributed by atoms with van der Waals surface area (Å²) in [5.74, 6) is 1.02. The Labute approximate surface area is 95.4 Å². The molecule has 3 rings (SSSR count). The average molecular weight is 215 g/mol. The highest BCUT2D eigenvalue weighted by molar-refractivity contribution is 5.84. The normalized spacial score (nSPS) is 17.9. The second-order valence-electron chi connectivity index (χ2n) is 5.12. The van der Waals surface area contributed by atoms with Crippen LogP contribution in [0.25, 0.3) is 11.0 Å². The van der Waals surface area contributed by atoms with Gasteiger partial charge in [-0.1, -0.05) is 18.2 Å². The SMILES string of the molecule is Cc1oc2c(CC3(N)CC3)cccc2c1C. The first kappa shape index (κ1) is 9.91. The second kappa shape index (κ2) is 3.11. The van der Waals surface area contributed by atoms with Crippen molar-refractivity contribution in [2.24, 2.45) is 5.73 Å². The highest BCUT2D eigenvalue weighted by Crippen LogP contribution is 2.38. The minimum atomic E-state index is 0.0445. The zero-order valence-electron chi connectivity index (χ0n) is 9.84. The summed E-state index contributed by atoms with van der Waals surface area (Å²) in [7, 11) is 0. The standard InChI is InChI=1S/C14H17NO/c1-9-10(2)16-13-11(4-3-5-12(9)13)8-14(15)6-7-14/h3-5H,6-8,15H2,1-2H3. The van der Waals surface area contributed by atoms with Crippen molar-refractivity contribution in [3.63, 3.8) is 0 Å². The molecule has 0 atom stereocenters. The number of fused-ring (bicyclic) bond motifs is 1. The quantitative estimate of drug-likeness (QED) is 0.836. The van der Waals surface area contributed by atoms with Crippen LogP contribution < -0.4 is 5.73 Å². The van der Waals surface area contributed by atoms with Crippen LogP contribution in [0.3, 0.4) is 0 Å². The number of benzene rings is 1. The van der Waals surface area contributed by atoms with Crippen LogP contribution in [-0.4, -0.2) is 5.54 Å². The van der Waals surface area contributed by atoms with Crippen LogP contribution in [0.2, 0.25) is 0 Å². The summed E-state index contributed by atoms with van der Waals surface area (Å²) in [6, 6.07) is 6.36. The van der Waals surface area contributed by atoms with Crippen LogP contribution in [0.4, 0.5) is 0 Å². The first-order valence-electron chi connectivity index (χ1n) is 5.86. The van der Waals surface area contributed by atoms with Crippen molar-refractivity contribution in [3.05, 3.63) is 35.1 Å². The van der Waals surface area contributed by atoms with Crippen LogP contribution in [0.1, 0.15) is 29.7 Å². The van der Waals surface area contributed by atoms with Gasteiger partial charge in [0, 0.05) is 10.9 Å². The van der Waals surface area contributed by atoms with Gasteiger partial charge in [0.15, 0.2) is 0 Å². The van der Waals surface area contributed by atoms with Crippen LogP contribution in [0.5, 0.6) is 0 Å². The van der Waals surface area contributed by atoms with Crippen LogP contribution in [-0.2, 0) is 6.42 Å². The summed E-state index contributed by atoms with van der Waals surface area (Å²) < 4.78 is 5.85. The maximum atomic E-state index is 6.17. The van der Waals surface area contributed by atoms with Gasteiger partial charge in [0.25, 0.3) is 0 Å². The molecular weight excluding hydrogens is 198 g/mol. The van der Waals surface area contributed by atoms with Crippen LogP contribution in [0.15, 0.2) is 22.6 Å². The van der Waals surface area contributed by atoms with E-state index in [2.05, 4.69) is 25.1 Å². The molecule has 1 aromatic heterocycles. The Balaban J connectivity index is 2.13. The molecule has 2 heteroatoms. The number of hydrogen-bond acceptors (Lipinski definition) is 2. The van der Waals surface area contributed by atoms with E-state index in [4.69, 9.17) is 10.2 Å². The second-order valence-corrected chi connectivity index (χ2v) is 5.12. The van der Waals surface area contributed by atoms with Gasteiger partial charge in [-0.25, -0.2) is 0 Å². The van der Waals surface area contributed by atoms with Gasteiger partial charge < -0.3 is 10.2 Å². The zero-order valence-corrected chi connectivity index (χ0v) is 9.84. The molecule has 1 aliphatic carbocycles. The summed E-state index contributed by atoms with van der Waals surface area (Å²) in [5, 5.41) is 1.24. The largest absolute Gasteiger partial charge is 0.461 e. The van der Waals surface area contributed by atoms with E-state index < -0.39 is 0 Å². The molecule has 1 saturated carbocycles. The smallest absolute Gasteiger partial charge is 0.137 e. The van der Waals surface area contributed by atoms with Crippen molar-refractivity contribution >= 4 is 11.0 Å². The summed E-state index contributed by atoms with van der Waals surface area (Å²) in [4.78, 5) is 0. The fourth-order valence-electron chi connectivity index (χ4n) is 2.28. The van der Waals surface area contributed by atoms with Crippen molar-refractivity contribution in [2.75, 3.05) is 0 Å². The molecule has 1 aliphatic rings. The number of furan rings is 1. The molecule has 0 spiro atoms. The van der Waals surface area contributed by atoms with E-state index in [-0.39, 0.29) is 5.54 Å². The van der Waals surface area contributed by atoms with Crippen LogP contribution in [0, 0.1) is 13.8 Å². The van der Waals surface area contributed by atoms with E-state index in [1.165, 1.54) is 16.5 Å². The predicted molar refractivity (Wildman–Crippen MR) is 65.5 cm³/mol. The Morgan fingerprint density at radius 1 is 1.31 bits per heavy atom. The maximum absolute atomic E-state index is 6.17. The van der Waals surface area contributed by atoms with E-state index >= 15 is 0 Å². The van der Waals surface area contributed by atoms with E-state index in [9.17, 15) is 0 Å². The molecule has 84 valence electrons. The van der Waals surface area contributed by atoms with Gasteiger partial charge in [-0.3, -0.25) is 0 Å². The molecule has 0 radical (unpaired) electrons. The van der Waals surface area contributed by atoms with Gasteiger partial charge in [0.1, 0.15) is 11.3 Å². The minimum absolute atomic E-state index is 0.0445. The number of nitrogens with two attached hydrogens (primary N) is 1. The topological polar surface area (TPSA) is 39.2 Å². The summed E-state index contributed by atoms with van der Waals surface area (Å²) >= 11 is 0. The monoisotopic (exact) mass is 215 g/mol. The average Bonchev–Trinajstić information content (AvgIpc) is 2.90. The highest BCUT2D eigenvalue weighted by atomic mass is 16.3. The fraction of sp³-hybridized carbons (Fsp3) is 0.429. The third-order valence-corrected chi connectivity index (χ3v) is 3.72. The Morgan fingerprint density at radius 3 is 2.75 bits per heavy atom. The Hall–Kier alpha value is -1.28. The number of hydrogen-bond donors (Lipinski definition) is 1.